The summed E-state index contributed by atoms with van der Waals surface area (Å²) in [5.74, 6) is -0.0432. The molecule has 0 spiro atoms. The van der Waals surface area contributed by atoms with Crippen LogP contribution in [0.5, 0.6) is 11.5 Å². The quantitative estimate of drug-likeness (QED) is 0.615. The van der Waals surface area contributed by atoms with Crippen molar-refractivity contribution < 1.29 is 15.0 Å². The van der Waals surface area contributed by atoms with Crippen LogP contribution >= 0.6 is 0 Å². The van der Waals surface area contributed by atoms with Crippen molar-refractivity contribution in [3.8, 4) is 11.5 Å². The summed E-state index contributed by atoms with van der Waals surface area (Å²) in [6.45, 7) is 0. The molecule has 0 aliphatic rings. The highest BCUT2D eigenvalue weighted by Crippen LogP contribution is 2.25. The van der Waals surface area contributed by atoms with E-state index in [-0.39, 0.29) is 17.3 Å². The van der Waals surface area contributed by atoms with Gasteiger partial charge < -0.3 is 15.2 Å². The Hall–Kier alpha value is -2.75. The third-order valence-electron chi connectivity index (χ3n) is 3.02. The molecule has 0 saturated heterocycles. The zero-order valence-corrected chi connectivity index (χ0v) is 9.92. The Morgan fingerprint density at radius 3 is 2.58 bits per heavy atom. The zero-order chi connectivity index (χ0) is 13.4. The van der Waals surface area contributed by atoms with Gasteiger partial charge in [-0.05, 0) is 30.3 Å². The molecule has 1 aromatic heterocycles. The van der Waals surface area contributed by atoms with Crippen LogP contribution in [-0.2, 0) is 0 Å². The third kappa shape index (κ3) is 1.93. The van der Waals surface area contributed by atoms with Crippen LogP contribution < -0.4 is 0 Å². The smallest absolute Gasteiger partial charge is 0.195 e. The molecule has 0 bridgehead atoms. The Morgan fingerprint density at radius 1 is 1.00 bits per heavy atom. The average molecular weight is 253 g/mol. The monoisotopic (exact) mass is 253 g/mol. The number of carbonyl (C=O) groups is 1. The van der Waals surface area contributed by atoms with Crippen LogP contribution in [0.25, 0.3) is 10.9 Å². The van der Waals surface area contributed by atoms with Crippen molar-refractivity contribution in [1.82, 2.24) is 4.98 Å². The average Bonchev–Trinajstić information content (AvgIpc) is 2.80. The molecule has 2 aromatic carbocycles. The number of hydrogen-bond donors (Lipinski definition) is 3. The van der Waals surface area contributed by atoms with Crippen LogP contribution in [0, 0.1) is 0 Å². The minimum absolute atomic E-state index is 0.0496. The lowest BCUT2D eigenvalue weighted by Crippen LogP contribution is -1.99. The van der Waals surface area contributed by atoms with Gasteiger partial charge in [0.25, 0.3) is 0 Å². The van der Waals surface area contributed by atoms with Crippen LogP contribution in [0.2, 0.25) is 0 Å². The van der Waals surface area contributed by atoms with Crippen LogP contribution in [0.15, 0.2) is 48.7 Å². The first-order chi connectivity index (χ1) is 9.15. The number of rotatable bonds is 2. The Morgan fingerprint density at radius 2 is 1.79 bits per heavy atom. The molecule has 94 valence electrons. The minimum atomic E-state index is -0.201. The van der Waals surface area contributed by atoms with Gasteiger partial charge in [-0.25, -0.2) is 0 Å². The predicted molar refractivity (Wildman–Crippen MR) is 71.5 cm³/mol. The Balaban J connectivity index is 2.14. The number of aromatic hydroxyl groups is 2. The van der Waals surface area contributed by atoms with E-state index in [0.29, 0.717) is 16.5 Å². The molecular weight excluding hydrogens is 242 g/mol. The van der Waals surface area contributed by atoms with Crippen molar-refractivity contribution in [2.75, 3.05) is 0 Å². The lowest BCUT2D eigenvalue weighted by Gasteiger charge is -2.01. The summed E-state index contributed by atoms with van der Waals surface area (Å²) in [5, 5.41) is 19.6. The highest BCUT2D eigenvalue weighted by molar-refractivity contribution is 6.16. The standard InChI is InChI=1S/C15H11NO3/c17-10-3-1-2-9(6-10)15(19)13-8-16-14-5-4-11(18)7-12(13)14/h1-8,16-18H. The van der Waals surface area contributed by atoms with E-state index in [4.69, 9.17) is 0 Å². The molecule has 0 fully saturated rings. The van der Waals surface area contributed by atoms with Gasteiger partial charge in [0.05, 0.1) is 0 Å². The molecule has 4 heteroatoms. The Labute approximate surface area is 108 Å². The largest absolute Gasteiger partial charge is 0.508 e. The first kappa shape index (κ1) is 11.3. The number of fused-ring (bicyclic) bond motifs is 1. The molecule has 0 aliphatic heterocycles. The van der Waals surface area contributed by atoms with E-state index in [1.165, 1.54) is 12.1 Å². The van der Waals surface area contributed by atoms with Gasteiger partial charge in [0.2, 0.25) is 0 Å². The van der Waals surface area contributed by atoms with E-state index < -0.39 is 0 Å². The topological polar surface area (TPSA) is 73.3 Å². The first-order valence-corrected chi connectivity index (χ1v) is 5.79. The second-order valence-electron chi connectivity index (χ2n) is 4.31. The minimum Gasteiger partial charge on any atom is -0.508 e. The third-order valence-corrected chi connectivity index (χ3v) is 3.02. The molecule has 0 aliphatic carbocycles. The first-order valence-electron chi connectivity index (χ1n) is 5.79. The summed E-state index contributed by atoms with van der Waals surface area (Å²) in [4.78, 5) is 15.4. The highest BCUT2D eigenvalue weighted by atomic mass is 16.3. The van der Waals surface area contributed by atoms with E-state index in [2.05, 4.69) is 4.98 Å². The number of H-pyrrole nitrogens is 1. The molecular formula is C15H11NO3. The highest BCUT2D eigenvalue weighted by Gasteiger charge is 2.14. The van der Waals surface area contributed by atoms with Gasteiger partial charge in [-0.15, -0.1) is 0 Å². The normalized spacial score (nSPS) is 10.7. The molecule has 0 unspecified atom stereocenters. The molecule has 0 atom stereocenters. The van der Waals surface area contributed by atoms with E-state index in [1.54, 1.807) is 36.5 Å². The Bertz CT molecular complexity index is 774. The summed E-state index contributed by atoms with van der Waals surface area (Å²) in [7, 11) is 0. The Kier molecular flexibility index (Phi) is 2.49. The number of phenols is 2. The van der Waals surface area contributed by atoms with Crippen LogP contribution in [0.1, 0.15) is 15.9 Å². The molecule has 3 N–H and O–H groups in total. The van der Waals surface area contributed by atoms with Gasteiger partial charge in [0, 0.05) is 28.2 Å². The van der Waals surface area contributed by atoms with Crippen LogP contribution in [0.3, 0.4) is 0 Å². The summed E-state index contributed by atoms with van der Waals surface area (Å²) < 4.78 is 0. The molecule has 3 aromatic rings. The van der Waals surface area contributed by atoms with Gasteiger partial charge in [0.1, 0.15) is 11.5 Å². The fourth-order valence-corrected chi connectivity index (χ4v) is 2.10. The summed E-state index contributed by atoms with van der Waals surface area (Å²) >= 11 is 0. The van der Waals surface area contributed by atoms with Crippen LogP contribution in [0.4, 0.5) is 0 Å². The van der Waals surface area contributed by atoms with E-state index >= 15 is 0 Å². The summed E-state index contributed by atoms with van der Waals surface area (Å²) in [5.41, 5.74) is 1.65. The summed E-state index contributed by atoms with van der Waals surface area (Å²) in [6, 6.07) is 11.0. The molecule has 4 nitrogen and oxygen atoms in total. The van der Waals surface area contributed by atoms with Crippen molar-refractivity contribution in [2.45, 2.75) is 0 Å². The van der Waals surface area contributed by atoms with E-state index in [9.17, 15) is 15.0 Å². The lowest BCUT2D eigenvalue weighted by atomic mass is 10.0. The number of carbonyl (C=O) groups excluding carboxylic acids is 1. The van der Waals surface area contributed by atoms with Crippen molar-refractivity contribution in [2.24, 2.45) is 0 Å². The molecule has 0 saturated carbocycles. The molecule has 0 radical (unpaired) electrons. The molecule has 0 amide bonds. The van der Waals surface area contributed by atoms with Gasteiger partial charge in [-0.2, -0.15) is 0 Å². The number of hydrogen-bond acceptors (Lipinski definition) is 3. The fourth-order valence-electron chi connectivity index (χ4n) is 2.10. The van der Waals surface area contributed by atoms with Gasteiger partial charge in [0.15, 0.2) is 5.78 Å². The van der Waals surface area contributed by atoms with Gasteiger partial charge >= 0.3 is 0 Å². The number of aromatic nitrogens is 1. The zero-order valence-electron chi connectivity index (χ0n) is 9.92. The molecule has 1 heterocycles. The molecule has 3 rings (SSSR count). The number of benzene rings is 2. The second-order valence-corrected chi connectivity index (χ2v) is 4.31. The van der Waals surface area contributed by atoms with Crippen LogP contribution in [-0.4, -0.2) is 21.0 Å². The van der Waals surface area contributed by atoms with E-state index in [0.717, 1.165) is 5.52 Å². The van der Waals surface area contributed by atoms with Crippen molar-refractivity contribution in [1.29, 1.82) is 0 Å². The second kappa shape index (κ2) is 4.17. The van der Waals surface area contributed by atoms with E-state index in [1.807, 2.05) is 0 Å². The van der Waals surface area contributed by atoms with Crippen molar-refractivity contribution in [3.63, 3.8) is 0 Å². The maximum atomic E-state index is 12.4. The number of ketones is 1. The predicted octanol–water partition coefficient (Wildman–Crippen LogP) is 2.81. The number of phenolic OH excluding ortho intramolecular Hbond substituents is 2. The number of aromatic amines is 1. The molecule has 19 heavy (non-hydrogen) atoms. The summed E-state index contributed by atoms with van der Waals surface area (Å²) in [6.07, 6.45) is 1.61. The lowest BCUT2D eigenvalue weighted by molar-refractivity contribution is 0.104. The maximum Gasteiger partial charge on any atom is 0.195 e. The van der Waals surface area contributed by atoms with Gasteiger partial charge in [-0.1, -0.05) is 12.1 Å². The van der Waals surface area contributed by atoms with Crippen molar-refractivity contribution >= 4 is 16.7 Å². The fraction of sp³-hybridized carbons (Fsp3) is 0. The maximum absolute atomic E-state index is 12.4. The SMILES string of the molecule is O=C(c1cccc(O)c1)c1c[nH]c2ccc(O)cc12. The number of nitrogens with one attached hydrogen (secondary N) is 1. The van der Waals surface area contributed by atoms with Gasteiger partial charge in [-0.3, -0.25) is 4.79 Å². The van der Waals surface area contributed by atoms with Crippen molar-refractivity contribution in [3.05, 3.63) is 59.8 Å².